The van der Waals surface area contributed by atoms with E-state index in [1.54, 1.807) is 12.1 Å². The lowest BCUT2D eigenvalue weighted by atomic mass is 10.3. The normalized spacial score (nSPS) is 8.23. The van der Waals surface area contributed by atoms with Crippen LogP contribution in [0.1, 0.15) is 0 Å². The maximum Gasteiger partial charge on any atom is 0.314 e. The van der Waals surface area contributed by atoms with Gasteiger partial charge in [0.1, 0.15) is 0 Å². The first kappa shape index (κ1) is 11.8. The summed E-state index contributed by atoms with van der Waals surface area (Å²) in [4.78, 5) is 27.4. The van der Waals surface area contributed by atoms with Crippen LogP contribution in [0.25, 0.3) is 0 Å². The van der Waals surface area contributed by atoms with Crippen molar-refractivity contribution in [3.05, 3.63) is 30.3 Å². The average Bonchev–Trinajstić information content (AvgIpc) is 2.06. The smallest absolute Gasteiger partial charge is 0.314 e. The van der Waals surface area contributed by atoms with Crippen LogP contribution < -0.4 is 0 Å². The number of hydrogen-bond acceptors (Lipinski definition) is 3. The van der Waals surface area contributed by atoms with E-state index in [4.69, 9.17) is 14.4 Å². The number of para-hydroxylation sites is 1. The van der Waals surface area contributed by atoms with E-state index in [1.165, 1.54) is 6.08 Å². The molecule has 0 heterocycles. The third-order valence-corrected chi connectivity index (χ3v) is 0.931. The van der Waals surface area contributed by atoms with Crippen LogP contribution in [-0.4, -0.2) is 15.9 Å². The monoisotopic (exact) mass is 201 g/mol. The minimum Gasteiger partial charge on any atom is -0.326 e. The number of nitrogens with zero attached hydrogens (tertiary/aromatic N) is 1. The Balaban J connectivity index is 0.000000310. The fourth-order valence-electron chi connectivity index (χ4n) is 0.555. The number of rotatable bonds is 1. The van der Waals surface area contributed by atoms with Crippen LogP contribution in [0, 0.1) is 0 Å². The Bertz CT molecular complexity index is 304. The molecular formula is C7H8NO4P. The Hall–Kier alpha value is -1.25. The Labute approximate surface area is 75.3 Å². The summed E-state index contributed by atoms with van der Waals surface area (Å²) in [7, 11) is -3.13. The zero-order chi connectivity index (χ0) is 10.1. The van der Waals surface area contributed by atoms with Crippen molar-refractivity contribution in [3.63, 3.8) is 0 Å². The minimum atomic E-state index is -3.13. The zero-order valence-corrected chi connectivity index (χ0v) is 7.54. The van der Waals surface area contributed by atoms with E-state index in [1.807, 2.05) is 18.2 Å². The summed E-state index contributed by atoms with van der Waals surface area (Å²) < 4.78 is 8.74. The molecule has 0 aromatic heterocycles. The van der Waals surface area contributed by atoms with Crippen LogP contribution in [0.15, 0.2) is 35.3 Å². The molecule has 1 aromatic carbocycles. The molecule has 0 saturated carbocycles. The van der Waals surface area contributed by atoms with Crippen LogP contribution in [0.5, 0.6) is 0 Å². The number of hydrogen-bond donors (Lipinski definition) is 2. The van der Waals surface area contributed by atoms with Crippen LogP contribution >= 0.6 is 8.25 Å². The van der Waals surface area contributed by atoms with Crippen molar-refractivity contribution >= 4 is 20.0 Å². The summed E-state index contributed by atoms with van der Waals surface area (Å²) in [6, 6.07) is 8.98. The molecule has 0 aliphatic rings. The van der Waals surface area contributed by atoms with Gasteiger partial charge in [-0.1, -0.05) is 18.2 Å². The molecule has 0 aliphatic carbocycles. The Kier molecular flexibility index (Phi) is 6.69. The van der Waals surface area contributed by atoms with Gasteiger partial charge >= 0.3 is 8.25 Å². The van der Waals surface area contributed by atoms with Gasteiger partial charge in [-0.3, -0.25) is 4.57 Å². The fraction of sp³-hybridized carbons (Fsp3) is 0. The first-order valence-electron chi connectivity index (χ1n) is 3.21. The summed E-state index contributed by atoms with van der Waals surface area (Å²) in [5.74, 6) is 0. The lowest BCUT2D eigenvalue weighted by Gasteiger charge is -1.83. The van der Waals surface area contributed by atoms with E-state index in [-0.39, 0.29) is 0 Å². The predicted octanol–water partition coefficient (Wildman–Crippen LogP) is 1.01. The van der Waals surface area contributed by atoms with Gasteiger partial charge in [0.05, 0.1) is 5.69 Å². The van der Waals surface area contributed by atoms with Gasteiger partial charge in [-0.05, 0) is 12.1 Å². The van der Waals surface area contributed by atoms with Crippen molar-refractivity contribution in [2.24, 2.45) is 4.99 Å². The van der Waals surface area contributed by atoms with E-state index >= 15 is 0 Å². The van der Waals surface area contributed by atoms with Gasteiger partial charge in [0.25, 0.3) is 0 Å². The number of aliphatic imine (C=N–C) groups is 1. The largest absolute Gasteiger partial charge is 0.326 e. The molecule has 0 fully saturated rings. The standard InChI is InChI=1S/C7H5NO.H3O3P/c9-6-8-7-4-2-1-3-5-7;1-4(2)3/h1-5H;4H,(H2,1,2,3). The molecule has 13 heavy (non-hydrogen) atoms. The molecular weight excluding hydrogens is 193 g/mol. The van der Waals surface area contributed by atoms with Crippen molar-refractivity contribution in [1.82, 2.24) is 0 Å². The molecule has 1 aromatic rings. The van der Waals surface area contributed by atoms with Crippen molar-refractivity contribution in [2.75, 3.05) is 0 Å². The van der Waals surface area contributed by atoms with Gasteiger partial charge in [0, 0.05) is 0 Å². The SMILES string of the molecule is O=C=Nc1ccccc1.O=[PH](O)O. The Morgan fingerprint density at radius 2 is 1.69 bits per heavy atom. The molecule has 1 rings (SSSR count). The fourth-order valence-corrected chi connectivity index (χ4v) is 0.555. The third-order valence-electron chi connectivity index (χ3n) is 0.931. The van der Waals surface area contributed by atoms with Gasteiger partial charge in [-0.25, -0.2) is 4.79 Å². The highest BCUT2D eigenvalue weighted by Crippen LogP contribution is 2.06. The van der Waals surface area contributed by atoms with E-state index in [9.17, 15) is 4.79 Å². The lowest BCUT2D eigenvalue weighted by Crippen LogP contribution is -1.59. The summed E-state index contributed by atoms with van der Waals surface area (Å²) in [6.45, 7) is 0. The first-order valence-corrected chi connectivity index (χ1v) is 4.52. The first-order chi connectivity index (χ1) is 6.16. The topological polar surface area (TPSA) is 87.0 Å². The van der Waals surface area contributed by atoms with Gasteiger partial charge < -0.3 is 9.79 Å². The maximum atomic E-state index is 9.68. The average molecular weight is 201 g/mol. The molecule has 0 radical (unpaired) electrons. The highest BCUT2D eigenvalue weighted by Gasteiger charge is 1.79. The Morgan fingerprint density at radius 3 is 2.08 bits per heavy atom. The van der Waals surface area contributed by atoms with Crippen molar-refractivity contribution < 1.29 is 19.1 Å². The van der Waals surface area contributed by atoms with Crippen molar-refractivity contribution in [1.29, 1.82) is 0 Å². The molecule has 0 amide bonds. The zero-order valence-electron chi connectivity index (χ0n) is 6.54. The van der Waals surface area contributed by atoms with Gasteiger partial charge in [0.2, 0.25) is 6.08 Å². The van der Waals surface area contributed by atoms with E-state index in [0.717, 1.165) is 0 Å². The number of benzene rings is 1. The second-order valence-electron chi connectivity index (χ2n) is 1.82. The van der Waals surface area contributed by atoms with Gasteiger partial charge in [-0.2, -0.15) is 4.99 Å². The number of carbonyl (C=O) groups excluding carboxylic acids is 1. The molecule has 0 spiro atoms. The second-order valence-corrected chi connectivity index (χ2v) is 2.39. The van der Waals surface area contributed by atoms with Crippen LogP contribution in [0.3, 0.4) is 0 Å². The molecule has 0 saturated heterocycles. The highest BCUT2D eigenvalue weighted by atomic mass is 31.1. The van der Waals surface area contributed by atoms with Gasteiger partial charge in [0.15, 0.2) is 0 Å². The minimum absolute atomic E-state index is 0.646. The molecule has 0 unspecified atom stereocenters. The summed E-state index contributed by atoms with van der Waals surface area (Å²) in [6.07, 6.45) is 1.46. The lowest BCUT2D eigenvalue weighted by molar-refractivity contribution is 0.405. The molecule has 0 bridgehead atoms. The van der Waals surface area contributed by atoms with Crippen LogP contribution in [-0.2, 0) is 9.36 Å². The third kappa shape index (κ3) is 8.66. The van der Waals surface area contributed by atoms with Gasteiger partial charge in [-0.15, -0.1) is 0 Å². The Morgan fingerprint density at radius 1 is 1.23 bits per heavy atom. The predicted molar refractivity (Wildman–Crippen MR) is 47.7 cm³/mol. The molecule has 0 atom stereocenters. The summed E-state index contributed by atoms with van der Waals surface area (Å²) in [5.41, 5.74) is 0.646. The highest BCUT2D eigenvalue weighted by molar-refractivity contribution is 7.30. The van der Waals surface area contributed by atoms with Crippen LogP contribution in [0.4, 0.5) is 5.69 Å². The molecule has 0 aliphatic heterocycles. The summed E-state index contributed by atoms with van der Waals surface area (Å²) >= 11 is 0. The second kappa shape index (κ2) is 7.40. The van der Waals surface area contributed by atoms with Crippen molar-refractivity contribution in [3.8, 4) is 0 Å². The quantitative estimate of drug-likeness (QED) is 0.403. The van der Waals surface area contributed by atoms with E-state index < -0.39 is 8.25 Å². The van der Waals surface area contributed by atoms with Crippen LogP contribution in [0.2, 0.25) is 0 Å². The maximum absolute atomic E-state index is 9.68. The summed E-state index contributed by atoms with van der Waals surface area (Å²) in [5, 5.41) is 0. The van der Waals surface area contributed by atoms with E-state index in [2.05, 4.69) is 4.99 Å². The molecule has 5 nitrogen and oxygen atoms in total. The molecule has 6 heteroatoms. The molecule has 70 valence electrons. The molecule has 2 N–H and O–H groups in total. The number of isocyanates is 1. The van der Waals surface area contributed by atoms with E-state index in [0.29, 0.717) is 5.69 Å². The van der Waals surface area contributed by atoms with Crippen molar-refractivity contribution in [2.45, 2.75) is 0 Å².